The Bertz CT molecular complexity index is 802. The molecule has 0 spiro atoms. The van der Waals surface area contributed by atoms with Crippen LogP contribution in [-0.2, 0) is 6.54 Å². The third-order valence-corrected chi connectivity index (χ3v) is 3.92. The molecule has 0 radical (unpaired) electrons. The summed E-state index contributed by atoms with van der Waals surface area (Å²) in [5.41, 5.74) is 8.67. The SMILES string of the molecule is Cc1c(C(N)=O)cc(-c2ccc(Cl)cc2)n1Cc1ccco1. The molecule has 0 aliphatic carbocycles. The molecule has 1 aromatic carbocycles. The van der Waals surface area contributed by atoms with E-state index in [1.165, 1.54) is 0 Å². The monoisotopic (exact) mass is 314 g/mol. The van der Waals surface area contributed by atoms with Gasteiger partial charge in [-0.2, -0.15) is 0 Å². The summed E-state index contributed by atoms with van der Waals surface area (Å²) in [4.78, 5) is 11.6. The molecule has 0 aliphatic rings. The molecule has 0 saturated heterocycles. The first-order valence-electron chi connectivity index (χ1n) is 6.84. The standard InChI is InChI=1S/C17H15ClN2O2/c1-11-15(17(19)21)9-16(12-4-6-13(18)7-5-12)20(11)10-14-3-2-8-22-14/h2-9H,10H2,1H3,(H2,19,21). The van der Waals surface area contributed by atoms with E-state index >= 15 is 0 Å². The third-order valence-electron chi connectivity index (χ3n) is 3.67. The van der Waals surface area contributed by atoms with Gasteiger partial charge in [0.05, 0.1) is 18.4 Å². The Morgan fingerprint density at radius 2 is 2.00 bits per heavy atom. The predicted octanol–water partition coefficient (Wildman–Crippen LogP) is 3.86. The van der Waals surface area contributed by atoms with E-state index in [1.807, 2.05) is 54.0 Å². The number of aromatic nitrogens is 1. The minimum Gasteiger partial charge on any atom is -0.467 e. The molecule has 3 rings (SSSR count). The minimum atomic E-state index is -0.439. The number of furan rings is 1. The maximum atomic E-state index is 11.6. The summed E-state index contributed by atoms with van der Waals surface area (Å²) >= 11 is 5.95. The average molecular weight is 315 g/mol. The van der Waals surface area contributed by atoms with Crippen LogP contribution < -0.4 is 5.73 Å². The number of benzene rings is 1. The highest BCUT2D eigenvalue weighted by molar-refractivity contribution is 6.30. The molecule has 2 heterocycles. The van der Waals surface area contributed by atoms with Gasteiger partial charge in [0.2, 0.25) is 0 Å². The van der Waals surface area contributed by atoms with Crippen molar-refractivity contribution in [3.05, 3.63) is 70.8 Å². The van der Waals surface area contributed by atoms with Gasteiger partial charge >= 0.3 is 0 Å². The summed E-state index contributed by atoms with van der Waals surface area (Å²) in [6.45, 7) is 2.41. The van der Waals surface area contributed by atoms with Gasteiger partial charge < -0.3 is 14.7 Å². The molecule has 0 bridgehead atoms. The molecular weight excluding hydrogens is 300 g/mol. The van der Waals surface area contributed by atoms with Crippen molar-refractivity contribution in [2.75, 3.05) is 0 Å². The fourth-order valence-corrected chi connectivity index (χ4v) is 2.64. The molecule has 1 amide bonds. The van der Waals surface area contributed by atoms with Crippen molar-refractivity contribution in [1.29, 1.82) is 0 Å². The molecule has 2 aromatic heterocycles. The molecule has 22 heavy (non-hydrogen) atoms. The lowest BCUT2D eigenvalue weighted by Crippen LogP contribution is -2.12. The van der Waals surface area contributed by atoms with Crippen molar-refractivity contribution in [3.8, 4) is 11.3 Å². The van der Waals surface area contributed by atoms with Gasteiger partial charge in [-0.25, -0.2) is 0 Å². The number of halogens is 1. The quantitative estimate of drug-likeness (QED) is 0.795. The third kappa shape index (κ3) is 2.65. The molecule has 0 unspecified atom stereocenters. The van der Waals surface area contributed by atoms with Crippen LogP contribution in [0, 0.1) is 6.92 Å². The highest BCUT2D eigenvalue weighted by Crippen LogP contribution is 2.28. The number of nitrogens with two attached hydrogens (primary N) is 1. The largest absolute Gasteiger partial charge is 0.467 e. The average Bonchev–Trinajstić information content (AvgIpc) is 3.10. The van der Waals surface area contributed by atoms with Crippen molar-refractivity contribution in [3.63, 3.8) is 0 Å². The van der Waals surface area contributed by atoms with Crippen LogP contribution in [0.3, 0.4) is 0 Å². The number of amides is 1. The second-order valence-corrected chi connectivity index (χ2v) is 5.50. The zero-order chi connectivity index (χ0) is 15.7. The van der Waals surface area contributed by atoms with Gasteiger partial charge in [-0.1, -0.05) is 23.7 Å². The van der Waals surface area contributed by atoms with Crippen LogP contribution in [0.15, 0.2) is 53.1 Å². The summed E-state index contributed by atoms with van der Waals surface area (Å²) in [7, 11) is 0. The first-order valence-corrected chi connectivity index (χ1v) is 7.22. The molecule has 2 N–H and O–H groups in total. The van der Waals surface area contributed by atoms with Crippen LogP contribution >= 0.6 is 11.6 Å². The number of primary amides is 1. The maximum Gasteiger partial charge on any atom is 0.250 e. The number of hydrogen-bond donors (Lipinski definition) is 1. The summed E-state index contributed by atoms with van der Waals surface area (Å²) in [5, 5.41) is 0.666. The second-order valence-electron chi connectivity index (χ2n) is 5.07. The van der Waals surface area contributed by atoms with Crippen molar-refractivity contribution < 1.29 is 9.21 Å². The topological polar surface area (TPSA) is 61.2 Å². The fraction of sp³-hybridized carbons (Fsp3) is 0.118. The lowest BCUT2D eigenvalue weighted by Gasteiger charge is -2.10. The zero-order valence-electron chi connectivity index (χ0n) is 12.0. The Morgan fingerprint density at radius 1 is 1.27 bits per heavy atom. The summed E-state index contributed by atoms with van der Waals surface area (Å²) in [6.07, 6.45) is 1.63. The highest BCUT2D eigenvalue weighted by atomic mass is 35.5. The molecule has 0 atom stereocenters. The number of rotatable bonds is 4. The van der Waals surface area contributed by atoms with Gasteiger partial charge in [0.15, 0.2) is 0 Å². The zero-order valence-corrected chi connectivity index (χ0v) is 12.8. The molecule has 0 aliphatic heterocycles. The first kappa shape index (κ1) is 14.5. The lowest BCUT2D eigenvalue weighted by atomic mass is 10.1. The second kappa shape index (κ2) is 5.73. The van der Waals surface area contributed by atoms with E-state index < -0.39 is 5.91 Å². The van der Waals surface area contributed by atoms with Gasteiger partial charge in [0.25, 0.3) is 5.91 Å². The summed E-state index contributed by atoms with van der Waals surface area (Å²) in [6, 6.07) is 13.0. The Hall–Kier alpha value is -2.46. The van der Waals surface area contributed by atoms with E-state index in [1.54, 1.807) is 6.26 Å². The Kier molecular flexibility index (Phi) is 3.77. The van der Waals surface area contributed by atoms with Crippen LogP contribution in [0.4, 0.5) is 0 Å². The maximum absolute atomic E-state index is 11.6. The van der Waals surface area contributed by atoms with E-state index in [0.717, 1.165) is 22.7 Å². The van der Waals surface area contributed by atoms with Crippen LogP contribution in [0.1, 0.15) is 21.8 Å². The number of carbonyl (C=O) groups excluding carboxylic acids is 1. The molecular formula is C17H15ClN2O2. The van der Waals surface area contributed by atoms with Gasteiger partial charge in [-0.15, -0.1) is 0 Å². The van der Waals surface area contributed by atoms with Gasteiger partial charge in [0.1, 0.15) is 5.76 Å². The molecule has 0 saturated carbocycles. The van der Waals surface area contributed by atoms with Crippen molar-refractivity contribution in [1.82, 2.24) is 4.57 Å². The summed E-state index contributed by atoms with van der Waals surface area (Å²) in [5.74, 6) is 0.371. The Morgan fingerprint density at radius 3 is 2.59 bits per heavy atom. The van der Waals surface area contributed by atoms with Crippen LogP contribution in [0.5, 0.6) is 0 Å². The molecule has 0 fully saturated rings. The number of hydrogen-bond acceptors (Lipinski definition) is 2. The van der Waals surface area contributed by atoms with E-state index in [2.05, 4.69) is 0 Å². The van der Waals surface area contributed by atoms with Crippen LogP contribution in [-0.4, -0.2) is 10.5 Å². The van der Waals surface area contributed by atoms with E-state index in [0.29, 0.717) is 17.1 Å². The predicted molar refractivity (Wildman–Crippen MR) is 85.9 cm³/mol. The van der Waals surface area contributed by atoms with Gasteiger partial charge in [-0.3, -0.25) is 4.79 Å². The molecule has 5 heteroatoms. The number of nitrogens with zero attached hydrogens (tertiary/aromatic N) is 1. The fourth-order valence-electron chi connectivity index (χ4n) is 2.52. The van der Waals surface area contributed by atoms with Gasteiger partial charge in [0, 0.05) is 16.4 Å². The smallest absolute Gasteiger partial charge is 0.250 e. The Labute approximate surface area is 133 Å². The van der Waals surface area contributed by atoms with Gasteiger partial charge in [-0.05, 0) is 42.8 Å². The Balaban J connectivity index is 2.13. The van der Waals surface area contributed by atoms with Crippen LogP contribution in [0.25, 0.3) is 11.3 Å². The van der Waals surface area contributed by atoms with Crippen molar-refractivity contribution >= 4 is 17.5 Å². The van der Waals surface area contributed by atoms with Crippen molar-refractivity contribution in [2.45, 2.75) is 13.5 Å². The molecule has 3 aromatic rings. The minimum absolute atomic E-state index is 0.439. The van der Waals surface area contributed by atoms with Crippen molar-refractivity contribution in [2.24, 2.45) is 5.73 Å². The first-order chi connectivity index (χ1) is 10.6. The molecule has 4 nitrogen and oxygen atoms in total. The van der Waals surface area contributed by atoms with E-state index in [9.17, 15) is 4.79 Å². The van der Waals surface area contributed by atoms with E-state index in [-0.39, 0.29) is 0 Å². The number of carbonyl (C=O) groups is 1. The lowest BCUT2D eigenvalue weighted by molar-refractivity contribution is 0.0999. The summed E-state index contributed by atoms with van der Waals surface area (Å²) < 4.78 is 7.43. The highest BCUT2D eigenvalue weighted by Gasteiger charge is 2.17. The molecule has 112 valence electrons. The van der Waals surface area contributed by atoms with E-state index in [4.69, 9.17) is 21.8 Å². The van der Waals surface area contributed by atoms with Crippen LogP contribution in [0.2, 0.25) is 5.02 Å². The normalized spacial score (nSPS) is 10.8.